The molecular weight excluding hydrogens is 404 g/mol. The molecule has 158 valence electrons. The van der Waals surface area contributed by atoms with Gasteiger partial charge in [-0.1, -0.05) is 24.3 Å². The normalized spacial score (nSPS) is 24.7. The molecule has 3 amide bonds. The van der Waals surface area contributed by atoms with Gasteiger partial charge in [0.1, 0.15) is 5.69 Å². The predicted octanol–water partition coefficient (Wildman–Crippen LogP) is 3.31. The van der Waals surface area contributed by atoms with E-state index in [1.165, 1.54) is 0 Å². The van der Waals surface area contributed by atoms with Crippen LogP contribution in [0.25, 0.3) is 17.0 Å². The average Bonchev–Trinajstić information content (AvgIpc) is 3.13. The SMILES string of the molecule is NC(=O)N1CCc2c1ccc1[nH]c(C(=O)N3C[C@@H]4C[C@@]45C(=O)c4ccccc4C=C35)cc21. The van der Waals surface area contributed by atoms with Crippen LogP contribution in [0.4, 0.5) is 10.5 Å². The Kier molecular flexibility index (Phi) is 3.15. The third-order valence-corrected chi connectivity index (χ3v) is 7.67. The Hall–Kier alpha value is -3.87. The van der Waals surface area contributed by atoms with E-state index in [2.05, 4.69) is 4.98 Å². The Morgan fingerprint density at radius 1 is 1.12 bits per heavy atom. The molecule has 0 unspecified atom stereocenters. The lowest BCUT2D eigenvalue weighted by atomic mass is 9.83. The fourth-order valence-electron chi connectivity index (χ4n) is 6.04. The van der Waals surface area contributed by atoms with Crippen LogP contribution in [0.5, 0.6) is 0 Å². The highest BCUT2D eigenvalue weighted by atomic mass is 16.2. The van der Waals surface area contributed by atoms with Crippen molar-refractivity contribution in [1.82, 2.24) is 9.88 Å². The Balaban J connectivity index is 1.30. The molecule has 7 nitrogen and oxygen atoms in total. The fourth-order valence-corrected chi connectivity index (χ4v) is 6.04. The summed E-state index contributed by atoms with van der Waals surface area (Å²) in [5, 5.41) is 0.938. The zero-order valence-corrected chi connectivity index (χ0v) is 17.2. The number of anilines is 1. The van der Waals surface area contributed by atoms with Crippen molar-refractivity contribution >= 4 is 40.4 Å². The summed E-state index contributed by atoms with van der Waals surface area (Å²) in [5.74, 6) is 0.216. The van der Waals surface area contributed by atoms with Crippen LogP contribution in [-0.4, -0.2) is 40.7 Å². The van der Waals surface area contributed by atoms with Crippen LogP contribution in [0.3, 0.4) is 0 Å². The highest BCUT2D eigenvalue weighted by Crippen LogP contribution is 2.67. The number of amides is 3. The lowest BCUT2D eigenvalue weighted by Gasteiger charge is -2.28. The summed E-state index contributed by atoms with van der Waals surface area (Å²) in [6.45, 7) is 1.11. The van der Waals surface area contributed by atoms with Gasteiger partial charge in [-0.15, -0.1) is 0 Å². The number of rotatable bonds is 1. The van der Waals surface area contributed by atoms with E-state index < -0.39 is 11.4 Å². The minimum absolute atomic E-state index is 0.121. The van der Waals surface area contributed by atoms with Gasteiger partial charge in [0.25, 0.3) is 5.91 Å². The van der Waals surface area contributed by atoms with Crippen LogP contribution in [0.15, 0.2) is 48.2 Å². The van der Waals surface area contributed by atoms with Crippen molar-refractivity contribution in [1.29, 1.82) is 0 Å². The average molecular weight is 424 g/mol. The van der Waals surface area contributed by atoms with E-state index in [0.29, 0.717) is 25.2 Å². The molecule has 0 radical (unpaired) electrons. The number of primary amides is 1. The minimum atomic E-state index is -0.529. The number of nitrogens with zero attached hydrogens (tertiary/aromatic N) is 2. The van der Waals surface area contributed by atoms with Crippen LogP contribution in [0.1, 0.15) is 38.4 Å². The van der Waals surface area contributed by atoms with Crippen LogP contribution >= 0.6 is 0 Å². The molecule has 1 saturated carbocycles. The van der Waals surface area contributed by atoms with Crippen LogP contribution in [0.2, 0.25) is 0 Å². The monoisotopic (exact) mass is 424 g/mol. The molecule has 2 atom stereocenters. The number of aromatic amines is 1. The maximum atomic E-state index is 13.6. The smallest absolute Gasteiger partial charge is 0.319 e. The highest BCUT2D eigenvalue weighted by molar-refractivity contribution is 6.12. The van der Waals surface area contributed by atoms with Gasteiger partial charge < -0.3 is 15.6 Å². The zero-order valence-electron chi connectivity index (χ0n) is 17.2. The van der Waals surface area contributed by atoms with Gasteiger partial charge in [0.15, 0.2) is 5.78 Å². The number of fused-ring (bicyclic) bond motifs is 4. The molecule has 2 aliphatic heterocycles. The molecule has 3 aromatic rings. The van der Waals surface area contributed by atoms with Gasteiger partial charge in [0.2, 0.25) is 0 Å². The summed E-state index contributed by atoms with van der Waals surface area (Å²) in [6, 6.07) is 12.8. The summed E-state index contributed by atoms with van der Waals surface area (Å²) in [7, 11) is 0. The van der Waals surface area contributed by atoms with Crippen molar-refractivity contribution < 1.29 is 14.4 Å². The molecule has 1 aromatic heterocycles. The van der Waals surface area contributed by atoms with Gasteiger partial charge in [0, 0.05) is 40.9 Å². The number of nitrogens with two attached hydrogens (primary N) is 1. The lowest BCUT2D eigenvalue weighted by molar-refractivity contribution is 0.0799. The molecular formula is C25H20N4O3. The number of benzene rings is 2. The Morgan fingerprint density at radius 3 is 2.81 bits per heavy atom. The topological polar surface area (TPSA) is 99.5 Å². The van der Waals surface area contributed by atoms with Crippen molar-refractivity contribution in [2.45, 2.75) is 12.8 Å². The van der Waals surface area contributed by atoms with Gasteiger partial charge in [-0.2, -0.15) is 0 Å². The van der Waals surface area contributed by atoms with E-state index in [-0.39, 0.29) is 17.6 Å². The molecule has 2 aliphatic carbocycles. The number of H-pyrrole nitrogens is 1. The predicted molar refractivity (Wildman–Crippen MR) is 119 cm³/mol. The Bertz CT molecular complexity index is 1430. The number of carbonyl (C=O) groups excluding carboxylic acids is 3. The Labute approximate surface area is 183 Å². The fraction of sp³-hybridized carbons (Fsp3) is 0.240. The number of likely N-dealkylation sites (tertiary alicyclic amines) is 1. The van der Waals surface area contributed by atoms with E-state index >= 15 is 0 Å². The Morgan fingerprint density at radius 2 is 1.97 bits per heavy atom. The number of hydrogen-bond acceptors (Lipinski definition) is 3. The number of allylic oxidation sites excluding steroid dienone is 1. The van der Waals surface area contributed by atoms with E-state index in [4.69, 9.17) is 5.73 Å². The van der Waals surface area contributed by atoms with E-state index in [9.17, 15) is 14.4 Å². The molecule has 1 saturated heterocycles. The summed E-state index contributed by atoms with van der Waals surface area (Å²) in [5.41, 5.74) is 10.6. The van der Waals surface area contributed by atoms with E-state index in [1.54, 1.807) is 9.80 Å². The van der Waals surface area contributed by atoms with Crippen LogP contribution < -0.4 is 10.6 Å². The second-order valence-electron chi connectivity index (χ2n) is 9.18. The number of urea groups is 1. The van der Waals surface area contributed by atoms with Gasteiger partial charge in [-0.25, -0.2) is 4.79 Å². The molecule has 7 heteroatoms. The molecule has 3 heterocycles. The maximum Gasteiger partial charge on any atom is 0.319 e. The van der Waals surface area contributed by atoms with Crippen LogP contribution in [0, 0.1) is 11.3 Å². The van der Waals surface area contributed by atoms with E-state index in [0.717, 1.165) is 45.4 Å². The first-order valence-corrected chi connectivity index (χ1v) is 10.9. The van der Waals surface area contributed by atoms with Gasteiger partial charge in [0.05, 0.1) is 5.41 Å². The molecule has 2 aromatic carbocycles. The van der Waals surface area contributed by atoms with Crippen molar-refractivity contribution in [3.8, 4) is 0 Å². The lowest BCUT2D eigenvalue weighted by Crippen LogP contribution is -2.34. The number of nitrogens with one attached hydrogen (secondary N) is 1. The first kappa shape index (κ1) is 17.8. The largest absolute Gasteiger partial charge is 0.351 e. The van der Waals surface area contributed by atoms with Crippen LogP contribution in [-0.2, 0) is 6.42 Å². The number of piperidine rings is 1. The second kappa shape index (κ2) is 5.68. The number of carbonyl (C=O) groups is 3. The minimum Gasteiger partial charge on any atom is -0.351 e. The molecule has 1 spiro atoms. The third-order valence-electron chi connectivity index (χ3n) is 7.67. The summed E-state index contributed by atoms with van der Waals surface area (Å²) >= 11 is 0. The standard InChI is InChI=1S/C25H20N4O3/c26-24(32)28-8-7-16-17-10-19(27-18(17)5-6-20(16)28)23(31)29-12-14-11-25(14)21(29)9-13-3-1-2-4-15(13)22(25)30/h1-6,9-10,14,27H,7-8,11-12H2,(H2,26,32)/t14-,25+/m0/s1. The van der Waals surface area contributed by atoms with Gasteiger partial charge in [-0.3, -0.25) is 14.5 Å². The molecule has 2 fully saturated rings. The van der Waals surface area contributed by atoms with Crippen molar-refractivity contribution in [2.75, 3.05) is 18.0 Å². The molecule has 32 heavy (non-hydrogen) atoms. The molecule has 4 aliphatic rings. The zero-order chi connectivity index (χ0) is 21.8. The summed E-state index contributed by atoms with van der Waals surface area (Å²) in [6.07, 6.45) is 3.54. The number of aromatic nitrogens is 1. The quantitative estimate of drug-likeness (QED) is 0.627. The maximum absolute atomic E-state index is 13.6. The first-order valence-electron chi connectivity index (χ1n) is 10.9. The molecule has 7 rings (SSSR count). The third kappa shape index (κ3) is 2.03. The van der Waals surface area contributed by atoms with Gasteiger partial charge >= 0.3 is 6.03 Å². The second-order valence-corrected chi connectivity index (χ2v) is 9.18. The van der Waals surface area contributed by atoms with Crippen molar-refractivity contribution in [3.05, 3.63) is 70.5 Å². The number of hydrogen-bond donors (Lipinski definition) is 2. The number of ketones is 1. The van der Waals surface area contributed by atoms with Crippen molar-refractivity contribution in [3.63, 3.8) is 0 Å². The van der Waals surface area contributed by atoms with Crippen molar-refractivity contribution in [2.24, 2.45) is 17.1 Å². The highest BCUT2D eigenvalue weighted by Gasteiger charge is 2.69. The molecule has 3 N–H and O–H groups in total. The first-order chi connectivity index (χ1) is 15.5. The van der Waals surface area contributed by atoms with E-state index in [1.807, 2.05) is 48.5 Å². The summed E-state index contributed by atoms with van der Waals surface area (Å²) in [4.78, 5) is 45.2. The van der Waals surface area contributed by atoms with Gasteiger partial charge in [-0.05, 0) is 54.2 Å². The molecule has 0 bridgehead atoms. The number of Topliss-reactive ketones (excluding diaryl/α,β-unsaturated/α-hetero) is 1. The summed E-state index contributed by atoms with van der Waals surface area (Å²) < 4.78 is 0.